The van der Waals surface area contributed by atoms with E-state index in [1.165, 1.54) is 38.5 Å². The average molecular weight is 449 g/mol. The van der Waals surface area contributed by atoms with Crippen LogP contribution in [0.3, 0.4) is 0 Å². The Kier molecular flexibility index (Phi) is 6.92. The molecule has 2 saturated carbocycles. The first-order valence-corrected chi connectivity index (χ1v) is 11.1. The SMILES string of the molecule is CCC[C@H]1CC[C@H](C2CCC(c3c(F)cc(C(F)(F)Br)cc3F)CC2)CC1. The molecule has 27 heavy (non-hydrogen) atoms. The fraction of sp³-hybridized carbons (Fsp3) is 0.727. The van der Waals surface area contributed by atoms with Crippen LogP contribution in [0.1, 0.15) is 88.2 Å². The summed E-state index contributed by atoms with van der Waals surface area (Å²) >= 11 is 2.17. The molecule has 0 amide bonds. The van der Waals surface area contributed by atoms with Crippen LogP contribution in [0.15, 0.2) is 12.1 Å². The van der Waals surface area contributed by atoms with Gasteiger partial charge in [-0.15, -0.1) is 0 Å². The first kappa shape index (κ1) is 21.1. The molecule has 0 aliphatic heterocycles. The van der Waals surface area contributed by atoms with Crippen LogP contribution >= 0.6 is 15.9 Å². The van der Waals surface area contributed by atoms with E-state index in [1.807, 2.05) is 0 Å². The third kappa shape index (κ3) is 5.07. The van der Waals surface area contributed by atoms with Crippen LogP contribution in [0.2, 0.25) is 0 Å². The minimum absolute atomic E-state index is 0.000559. The molecule has 0 spiro atoms. The van der Waals surface area contributed by atoms with E-state index in [1.54, 1.807) is 0 Å². The van der Waals surface area contributed by atoms with Crippen molar-refractivity contribution in [1.82, 2.24) is 0 Å². The molecule has 152 valence electrons. The van der Waals surface area contributed by atoms with Crippen molar-refractivity contribution in [3.8, 4) is 0 Å². The highest BCUT2D eigenvalue weighted by molar-refractivity contribution is 9.09. The molecule has 3 rings (SSSR count). The van der Waals surface area contributed by atoms with Crippen LogP contribution in [0.25, 0.3) is 0 Å². The van der Waals surface area contributed by atoms with Gasteiger partial charge in [0.25, 0.3) is 0 Å². The van der Waals surface area contributed by atoms with Crippen molar-refractivity contribution in [2.75, 3.05) is 0 Å². The largest absolute Gasteiger partial charge is 0.326 e. The first-order valence-electron chi connectivity index (χ1n) is 10.4. The molecule has 0 atom stereocenters. The zero-order valence-corrected chi connectivity index (χ0v) is 17.5. The van der Waals surface area contributed by atoms with Gasteiger partial charge < -0.3 is 0 Å². The highest BCUT2D eigenvalue weighted by Gasteiger charge is 2.34. The van der Waals surface area contributed by atoms with Crippen molar-refractivity contribution in [3.63, 3.8) is 0 Å². The van der Waals surface area contributed by atoms with Crippen LogP contribution in [-0.2, 0) is 4.83 Å². The summed E-state index contributed by atoms with van der Waals surface area (Å²) in [5, 5.41) is 0. The summed E-state index contributed by atoms with van der Waals surface area (Å²) in [6, 6.07) is 1.54. The number of alkyl halides is 3. The summed E-state index contributed by atoms with van der Waals surface area (Å²) in [6.45, 7) is 2.25. The molecular weight excluding hydrogens is 420 g/mol. The summed E-state index contributed by atoms with van der Waals surface area (Å²) < 4.78 is 55.4. The molecule has 2 fully saturated rings. The topological polar surface area (TPSA) is 0 Å². The van der Waals surface area contributed by atoms with E-state index in [0.29, 0.717) is 5.92 Å². The van der Waals surface area contributed by atoms with Gasteiger partial charge in [-0.25, -0.2) is 8.78 Å². The van der Waals surface area contributed by atoms with Crippen LogP contribution in [-0.4, -0.2) is 0 Å². The van der Waals surface area contributed by atoms with Gasteiger partial charge in [0, 0.05) is 11.1 Å². The summed E-state index contributed by atoms with van der Waals surface area (Å²) in [4.78, 5) is -3.42. The van der Waals surface area contributed by atoms with Gasteiger partial charge in [-0.05, 0) is 90.3 Å². The lowest BCUT2D eigenvalue weighted by Gasteiger charge is -2.38. The van der Waals surface area contributed by atoms with Gasteiger partial charge in [-0.2, -0.15) is 8.78 Å². The smallest absolute Gasteiger partial charge is 0.207 e. The Bertz CT molecular complexity index is 601. The standard InChI is InChI=1S/C22H29BrF4/c1-2-3-14-4-6-15(7-5-14)16-8-10-17(11-9-16)21-19(24)12-18(13-20(21)25)22(23,26)27/h12-17H,2-11H2,1H3/t14-,15-,16?,17?. The van der Waals surface area contributed by atoms with Crippen molar-refractivity contribution in [1.29, 1.82) is 0 Å². The molecule has 0 aromatic heterocycles. The molecule has 0 radical (unpaired) electrons. The molecule has 0 unspecified atom stereocenters. The second-order valence-corrected chi connectivity index (χ2v) is 9.53. The minimum Gasteiger partial charge on any atom is -0.207 e. The Morgan fingerprint density at radius 1 is 0.889 bits per heavy atom. The fourth-order valence-corrected chi connectivity index (χ4v) is 5.60. The monoisotopic (exact) mass is 448 g/mol. The lowest BCUT2D eigenvalue weighted by molar-refractivity contribution is 0.113. The summed E-state index contributed by atoms with van der Waals surface area (Å²) in [5.41, 5.74) is -0.667. The molecule has 1 aromatic carbocycles. The van der Waals surface area contributed by atoms with Gasteiger partial charge in [0.2, 0.25) is 0 Å². The quantitative estimate of drug-likeness (QED) is 0.313. The molecule has 0 saturated heterocycles. The second kappa shape index (κ2) is 8.84. The van der Waals surface area contributed by atoms with Crippen molar-refractivity contribution in [3.05, 3.63) is 34.9 Å². The van der Waals surface area contributed by atoms with E-state index in [-0.39, 0.29) is 11.5 Å². The van der Waals surface area contributed by atoms with Crippen molar-refractivity contribution in [2.45, 2.75) is 81.9 Å². The Labute approximate surface area is 168 Å². The Morgan fingerprint density at radius 2 is 1.37 bits per heavy atom. The van der Waals surface area contributed by atoms with E-state index < -0.39 is 22.0 Å². The molecule has 0 nitrogen and oxygen atoms in total. The summed E-state index contributed by atoms with van der Waals surface area (Å²) in [6.07, 6.45) is 11.3. The van der Waals surface area contributed by atoms with E-state index in [9.17, 15) is 17.6 Å². The third-order valence-electron chi connectivity index (χ3n) is 6.84. The molecular formula is C22H29BrF4. The number of rotatable bonds is 5. The normalized spacial score (nSPS) is 29.7. The fourth-order valence-electron chi connectivity index (χ4n) is 5.37. The third-order valence-corrected chi connectivity index (χ3v) is 7.30. The number of hydrogen-bond donors (Lipinski definition) is 0. The zero-order chi connectivity index (χ0) is 19.6. The minimum atomic E-state index is -3.42. The van der Waals surface area contributed by atoms with E-state index >= 15 is 0 Å². The van der Waals surface area contributed by atoms with Crippen LogP contribution in [0, 0.1) is 29.4 Å². The maximum Gasteiger partial charge on any atom is 0.326 e. The van der Waals surface area contributed by atoms with Gasteiger partial charge in [0.05, 0.1) is 0 Å². The van der Waals surface area contributed by atoms with E-state index in [0.717, 1.165) is 49.7 Å². The van der Waals surface area contributed by atoms with Gasteiger partial charge in [0.15, 0.2) is 0 Å². The number of halogens is 5. The van der Waals surface area contributed by atoms with Crippen LogP contribution in [0.4, 0.5) is 17.6 Å². The van der Waals surface area contributed by atoms with Crippen LogP contribution in [0.5, 0.6) is 0 Å². The molecule has 0 heterocycles. The number of hydrogen-bond acceptors (Lipinski definition) is 0. The molecule has 1 aromatic rings. The van der Waals surface area contributed by atoms with Crippen molar-refractivity contribution < 1.29 is 17.6 Å². The highest BCUT2D eigenvalue weighted by Crippen LogP contribution is 2.46. The molecule has 5 heteroatoms. The van der Waals surface area contributed by atoms with Crippen molar-refractivity contribution >= 4 is 15.9 Å². The molecule has 2 aliphatic carbocycles. The maximum absolute atomic E-state index is 14.4. The Balaban J connectivity index is 1.60. The molecule has 0 N–H and O–H groups in total. The highest BCUT2D eigenvalue weighted by atomic mass is 79.9. The lowest BCUT2D eigenvalue weighted by atomic mass is 9.68. The average Bonchev–Trinajstić information content (AvgIpc) is 2.62. The number of benzene rings is 1. The molecule has 2 aliphatic rings. The van der Waals surface area contributed by atoms with E-state index in [2.05, 4.69) is 22.9 Å². The lowest BCUT2D eigenvalue weighted by Crippen LogP contribution is -2.26. The Morgan fingerprint density at radius 3 is 1.81 bits per heavy atom. The first-order chi connectivity index (χ1) is 12.8. The summed E-state index contributed by atoms with van der Waals surface area (Å²) in [5.74, 6) is 0.414. The predicted molar refractivity (Wildman–Crippen MR) is 104 cm³/mol. The molecule has 0 bridgehead atoms. The predicted octanol–water partition coefficient (Wildman–Crippen LogP) is 8.29. The van der Waals surface area contributed by atoms with E-state index in [4.69, 9.17) is 0 Å². The zero-order valence-electron chi connectivity index (χ0n) is 15.9. The van der Waals surface area contributed by atoms with Gasteiger partial charge >= 0.3 is 4.83 Å². The second-order valence-electron chi connectivity index (χ2n) is 8.53. The van der Waals surface area contributed by atoms with Crippen LogP contribution < -0.4 is 0 Å². The van der Waals surface area contributed by atoms with Gasteiger partial charge in [0.1, 0.15) is 11.6 Å². The maximum atomic E-state index is 14.4. The van der Waals surface area contributed by atoms with Gasteiger partial charge in [-0.1, -0.05) is 32.6 Å². The van der Waals surface area contributed by atoms with Crippen molar-refractivity contribution in [2.24, 2.45) is 17.8 Å². The Hall–Kier alpha value is -0.580. The van der Waals surface area contributed by atoms with Gasteiger partial charge in [-0.3, -0.25) is 0 Å². The summed E-state index contributed by atoms with van der Waals surface area (Å²) in [7, 11) is 0.